The average molecular weight is 392 g/mol. The van der Waals surface area contributed by atoms with E-state index in [9.17, 15) is 13.2 Å². The van der Waals surface area contributed by atoms with E-state index in [4.69, 9.17) is 4.52 Å². The SMILES string of the molecule is Cc1noc(CCNC(=O)c2ccc(S(=O)(=O)N3CCCCCC3)cc2)n1. The van der Waals surface area contributed by atoms with E-state index >= 15 is 0 Å². The molecule has 0 unspecified atom stereocenters. The second kappa shape index (κ2) is 8.62. The number of nitrogens with one attached hydrogen (secondary N) is 1. The lowest BCUT2D eigenvalue weighted by atomic mass is 10.2. The monoisotopic (exact) mass is 392 g/mol. The van der Waals surface area contributed by atoms with Gasteiger partial charge in [0, 0.05) is 31.6 Å². The van der Waals surface area contributed by atoms with Crippen LogP contribution in [0.25, 0.3) is 0 Å². The van der Waals surface area contributed by atoms with Crippen LogP contribution < -0.4 is 5.32 Å². The molecule has 3 rings (SSSR count). The van der Waals surface area contributed by atoms with Crippen LogP contribution in [0.15, 0.2) is 33.7 Å². The molecule has 1 aromatic carbocycles. The number of carbonyl (C=O) groups excluding carboxylic acids is 1. The summed E-state index contributed by atoms with van der Waals surface area (Å²) < 4.78 is 32.0. The zero-order valence-electron chi connectivity index (χ0n) is 15.3. The van der Waals surface area contributed by atoms with Crippen LogP contribution in [0.4, 0.5) is 0 Å². The third kappa shape index (κ3) is 4.92. The first-order chi connectivity index (χ1) is 13.0. The van der Waals surface area contributed by atoms with Crippen LogP contribution in [0.2, 0.25) is 0 Å². The number of aromatic nitrogens is 2. The number of aryl methyl sites for hydroxylation is 1. The van der Waals surface area contributed by atoms with Gasteiger partial charge in [-0.1, -0.05) is 18.0 Å². The highest BCUT2D eigenvalue weighted by atomic mass is 32.2. The Morgan fingerprint density at radius 3 is 2.41 bits per heavy atom. The second-order valence-corrected chi connectivity index (χ2v) is 8.52. The summed E-state index contributed by atoms with van der Waals surface area (Å²) in [6, 6.07) is 6.07. The third-order valence-corrected chi connectivity index (χ3v) is 6.43. The van der Waals surface area contributed by atoms with E-state index in [-0.39, 0.29) is 10.8 Å². The maximum atomic E-state index is 12.8. The van der Waals surface area contributed by atoms with E-state index in [0.717, 1.165) is 25.7 Å². The fraction of sp³-hybridized carbons (Fsp3) is 0.500. The van der Waals surface area contributed by atoms with Gasteiger partial charge in [0.15, 0.2) is 5.82 Å². The van der Waals surface area contributed by atoms with Crippen LogP contribution >= 0.6 is 0 Å². The van der Waals surface area contributed by atoms with Gasteiger partial charge >= 0.3 is 0 Å². The molecule has 2 aromatic rings. The number of hydrogen-bond donors (Lipinski definition) is 1. The van der Waals surface area contributed by atoms with Gasteiger partial charge in [-0.3, -0.25) is 4.79 Å². The van der Waals surface area contributed by atoms with Gasteiger partial charge in [-0.15, -0.1) is 0 Å². The molecule has 0 spiro atoms. The highest BCUT2D eigenvalue weighted by molar-refractivity contribution is 7.89. The maximum absolute atomic E-state index is 12.8. The minimum Gasteiger partial charge on any atom is -0.352 e. The fourth-order valence-corrected chi connectivity index (χ4v) is 4.55. The van der Waals surface area contributed by atoms with Crippen molar-refractivity contribution >= 4 is 15.9 Å². The Kier molecular flexibility index (Phi) is 6.22. The first-order valence-corrected chi connectivity index (χ1v) is 10.6. The maximum Gasteiger partial charge on any atom is 0.251 e. The average Bonchev–Trinajstić information content (AvgIpc) is 2.90. The van der Waals surface area contributed by atoms with E-state index in [1.807, 2.05) is 0 Å². The molecule has 27 heavy (non-hydrogen) atoms. The minimum atomic E-state index is -3.50. The zero-order valence-corrected chi connectivity index (χ0v) is 16.2. The number of rotatable bonds is 6. The van der Waals surface area contributed by atoms with E-state index in [1.54, 1.807) is 11.2 Å². The number of hydrogen-bond acceptors (Lipinski definition) is 6. The summed E-state index contributed by atoms with van der Waals surface area (Å²) in [5, 5.41) is 6.45. The first-order valence-electron chi connectivity index (χ1n) is 9.14. The van der Waals surface area contributed by atoms with Crippen molar-refractivity contribution in [2.75, 3.05) is 19.6 Å². The quantitative estimate of drug-likeness (QED) is 0.805. The molecule has 0 aliphatic carbocycles. The van der Waals surface area contributed by atoms with E-state index in [1.165, 1.54) is 24.3 Å². The molecule has 0 bridgehead atoms. The number of nitrogens with zero attached hydrogens (tertiary/aromatic N) is 3. The van der Waals surface area contributed by atoms with Crippen LogP contribution in [0, 0.1) is 6.92 Å². The molecule has 9 heteroatoms. The third-order valence-electron chi connectivity index (χ3n) is 4.51. The van der Waals surface area contributed by atoms with Crippen molar-refractivity contribution < 1.29 is 17.7 Å². The highest BCUT2D eigenvalue weighted by Gasteiger charge is 2.25. The predicted octanol–water partition coefficient (Wildman–Crippen LogP) is 1.92. The van der Waals surface area contributed by atoms with E-state index in [2.05, 4.69) is 15.5 Å². The van der Waals surface area contributed by atoms with Crippen LogP contribution in [0.1, 0.15) is 47.8 Å². The van der Waals surface area contributed by atoms with Crippen LogP contribution in [0.3, 0.4) is 0 Å². The lowest BCUT2D eigenvalue weighted by Crippen LogP contribution is -2.32. The van der Waals surface area contributed by atoms with Crippen molar-refractivity contribution in [3.05, 3.63) is 41.5 Å². The Balaban J connectivity index is 1.59. The Morgan fingerprint density at radius 1 is 1.15 bits per heavy atom. The topological polar surface area (TPSA) is 105 Å². The fourth-order valence-electron chi connectivity index (χ4n) is 3.04. The lowest BCUT2D eigenvalue weighted by Gasteiger charge is -2.20. The zero-order chi connectivity index (χ0) is 19.3. The number of amides is 1. The molecule has 0 radical (unpaired) electrons. The summed E-state index contributed by atoms with van der Waals surface area (Å²) in [6.07, 6.45) is 4.34. The summed E-state index contributed by atoms with van der Waals surface area (Å²) in [6.45, 7) is 3.19. The van der Waals surface area contributed by atoms with Gasteiger partial charge in [-0.2, -0.15) is 9.29 Å². The van der Waals surface area contributed by atoms with Gasteiger partial charge < -0.3 is 9.84 Å². The van der Waals surface area contributed by atoms with E-state index < -0.39 is 10.0 Å². The second-order valence-electron chi connectivity index (χ2n) is 6.58. The molecule has 1 fully saturated rings. The molecule has 1 aliphatic heterocycles. The van der Waals surface area contributed by atoms with Gasteiger partial charge in [0.25, 0.3) is 5.91 Å². The molecule has 1 aliphatic rings. The largest absolute Gasteiger partial charge is 0.352 e. The highest BCUT2D eigenvalue weighted by Crippen LogP contribution is 2.20. The van der Waals surface area contributed by atoms with Crippen molar-refractivity contribution in [1.29, 1.82) is 0 Å². The predicted molar refractivity (Wildman–Crippen MR) is 98.7 cm³/mol. The van der Waals surface area contributed by atoms with Crippen molar-refractivity contribution in [2.45, 2.75) is 43.9 Å². The number of sulfonamides is 1. The Labute approximate surface area is 159 Å². The molecule has 8 nitrogen and oxygen atoms in total. The van der Waals surface area contributed by atoms with Crippen LogP contribution in [-0.2, 0) is 16.4 Å². The molecule has 1 amide bonds. The molecule has 1 saturated heterocycles. The summed E-state index contributed by atoms with van der Waals surface area (Å²) in [5.41, 5.74) is 0.409. The smallest absolute Gasteiger partial charge is 0.251 e. The molecule has 0 atom stereocenters. The summed E-state index contributed by atoms with van der Waals surface area (Å²) in [4.78, 5) is 16.5. The van der Waals surface area contributed by atoms with Gasteiger partial charge in [-0.05, 0) is 44.0 Å². The standard InChI is InChI=1S/C18H24N4O4S/c1-14-20-17(26-21-14)10-11-19-18(23)15-6-8-16(9-7-15)27(24,25)22-12-4-2-3-5-13-22/h6-9H,2-5,10-13H2,1H3,(H,19,23). The normalized spacial score (nSPS) is 16.0. The van der Waals surface area contributed by atoms with Crippen LogP contribution in [0.5, 0.6) is 0 Å². The Bertz CT molecular complexity index is 869. The molecule has 0 saturated carbocycles. The molecule has 2 heterocycles. The van der Waals surface area contributed by atoms with E-state index in [0.29, 0.717) is 43.3 Å². The first kappa shape index (κ1) is 19.5. The lowest BCUT2D eigenvalue weighted by molar-refractivity contribution is 0.0953. The van der Waals surface area contributed by atoms with Gasteiger partial charge in [0.2, 0.25) is 15.9 Å². The van der Waals surface area contributed by atoms with Crippen molar-refractivity contribution in [3.63, 3.8) is 0 Å². The molecular formula is C18H24N4O4S. The molecule has 1 N–H and O–H groups in total. The summed E-state index contributed by atoms with van der Waals surface area (Å²) in [7, 11) is -3.50. The van der Waals surface area contributed by atoms with Gasteiger partial charge in [0.1, 0.15) is 0 Å². The molecule has 146 valence electrons. The number of carbonyl (C=O) groups is 1. The minimum absolute atomic E-state index is 0.224. The number of benzene rings is 1. The van der Waals surface area contributed by atoms with Crippen molar-refractivity contribution in [1.82, 2.24) is 19.8 Å². The van der Waals surface area contributed by atoms with Crippen LogP contribution in [-0.4, -0.2) is 48.4 Å². The molecular weight excluding hydrogens is 368 g/mol. The molecule has 1 aromatic heterocycles. The van der Waals surface area contributed by atoms with Gasteiger partial charge in [-0.25, -0.2) is 8.42 Å². The Morgan fingerprint density at radius 2 is 1.81 bits per heavy atom. The summed E-state index contributed by atoms with van der Waals surface area (Å²) >= 11 is 0. The van der Waals surface area contributed by atoms with Crippen molar-refractivity contribution in [3.8, 4) is 0 Å². The summed E-state index contributed by atoms with van der Waals surface area (Å²) in [5.74, 6) is 0.745. The van der Waals surface area contributed by atoms with Gasteiger partial charge in [0.05, 0.1) is 4.90 Å². The Hall–Kier alpha value is -2.26. The van der Waals surface area contributed by atoms with Crippen molar-refractivity contribution in [2.24, 2.45) is 0 Å².